The largest absolute Gasteiger partial charge is 0.378 e. The fourth-order valence-corrected chi connectivity index (χ4v) is 7.26. The normalized spacial score (nSPS) is 15.1. The van der Waals surface area contributed by atoms with Gasteiger partial charge in [-0.1, -0.05) is 35.9 Å². The second kappa shape index (κ2) is 14.1. The van der Waals surface area contributed by atoms with Gasteiger partial charge in [0, 0.05) is 93.4 Å². The number of hydrogen-bond acceptors (Lipinski definition) is 3. The van der Waals surface area contributed by atoms with Gasteiger partial charge >= 0.3 is 0 Å². The second-order valence-electron chi connectivity index (χ2n) is 13.9. The Hall–Kier alpha value is -4.98. The van der Waals surface area contributed by atoms with Gasteiger partial charge < -0.3 is 23.8 Å². The van der Waals surface area contributed by atoms with Crippen LogP contribution in [-0.4, -0.2) is 60.2 Å². The van der Waals surface area contributed by atoms with Crippen LogP contribution in [0.1, 0.15) is 39.2 Å². The number of fused-ring (bicyclic) bond motifs is 6. The Labute approximate surface area is 294 Å². The molecule has 8 rings (SSSR count). The topological polar surface area (TPSA) is 19.6 Å². The number of hydrogen-bond donors (Lipinski definition) is 0. The zero-order valence-corrected chi connectivity index (χ0v) is 29.6. The predicted molar refractivity (Wildman–Crippen MR) is 206 cm³/mol. The van der Waals surface area contributed by atoms with E-state index in [1.807, 2.05) is 32.3 Å². The molecule has 4 heterocycles. The molecule has 0 bridgehead atoms. The third kappa shape index (κ3) is 6.89. The fourth-order valence-electron chi connectivity index (χ4n) is 7.26. The molecule has 4 aromatic carbocycles. The van der Waals surface area contributed by atoms with Gasteiger partial charge in [-0.2, -0.15) is 0 Å². The first-order valence-electron chi connectivity index (χ1n) is 17.3. The molecule has 0 spiro atoms. The minimum atomic E-state index is -0.200. The lowest BCUT2D eigenvalue weighted by Crippen LogP contribution is -2.26. The van der Waals surface area contributed by atoms with Crippen LogP contribution in [0.15, 0.2) is 84.9 Å². The number of likely N-dealkylation sites (N-methyl/N-ethyl adjacent to an activating group) is 2. The third-order valence-corrected chi connectivity index (χ3v) is 9.99. The minimum absolute atomic E-state index is 0.172. The van der Waals surface area contributed by atoms with Crippen molar-refractivity contribution in [3.8, 4) is 0 Å². The number of aromatic nitrogens is 2. The maximum absolute atomic E-state index is 13.8. The number of rotatable bonds is 5. The summed E-state index contributed by atoms with van der Waals surface area (Å²) in [6.07, 6.45) is 10.4. The van der Waals surface area contributed by atoms with Crippen molar-refractivity contribution in [1.29, 1.82) is 0 Å². The van der Waals surface area contributed by atoms with Crippen LogP contribution in [-0.2, 0) is 25.9 Å². The van der Waals surface area contributed by atoms with Crippen LogP contribution in [0.25, 0.3) is 46.4 Å². The van der Waals surface area contributed by atoms with Gasteiger partial charge in [0.15, 0.2) is 0 Å². The maximum Gasteiger partial charge on any atom is 0.123 e. The molecule has 0 radical (unpaired) electrons. The van der Waals surface area contributed by atoms with Crippen LogP contribution in [0.5, 0.6) is 0 Å². The van der Waals surface area contributed by atoms with Crippen molar-refractivity contribution in [2.45, 2.75) is 32.9 Å². The van der Waals surface area contributed by atoms with Gasteiger partial charge in [0.1, 0.15) is 11.6 Å². The molecular formula is C43H45F2N5. The Bertz CT molecular complexity index is 2200. The van der Waals surface area contributed by atoms with Crippen molar-refractivity contribution in [3.63, 3.8) is 0 Å². The summed E-state index contributed by atoms with van der Waals surface area (Å²) in [6.45, 7) is 6.11. The summed E-state index contributed by atoms with van der Waals surface area (Å²) in [7, 11) is 8.38. The molecule has 0 atom stereocenters. The molecule has 0 amide bonds. The van der Waals surface area contributed by atoms with E-state index in [-0.39, 0.29) is 11.6 Å². The van der Waals surface area contributed by atoms with Crippen LogP contribution < -0.4 is 4.90 Å². The van der Waals surface area contributed by atoms with Crippen LogP contribution in [0.4, 0.5) is 14.5 Å². The van der Waals surface area contributed by atoms with E-state index >= 15 is 0 Å². The second-order valence-corrected chi connectivity index (χ2v) is 13.9. The molecular weight excluding hydrogens is 625 g/mol. The molecule has 0 saturated heterocycles. The molecule has 0 saturated carbocycles. The van der Waals surface area contributed by atoms with Crippen molar-refractivity contribution in [2.75, 3.05) is 46.2 Å². The first kappa shape index (κ1) is 33.5. The van der Waals surface area contributed by atoms with Gasteiger partial charge in [0.25, 0.3) is 0 Å². The van der Waals surface area contributed by atoms with Crippen LogP contribution >= 0.6 is 0 Å². The van der Waals surface area contributed by atoms with E-state index in [0.29, 0.717) is 0 Å². The molecule has 2 aliphatic rings. The van der Waals surface area contributed by atoms with Crippen LogP contribution in [0.3, 0.4) is 0 Å². The summed E-state index contributed by atoms with van der Waals surface area (Å²) in [5.41, 5.74) is 12.3. The summed E-state index contributed by atoms with van der Waals surface area (Å²) in [4.78, 5) is 6.76. The standard InChI is InChI=1S/C22H24FN3.C21H21FN2/c1-24(2)18-7-4-16(5-8-18)10-13-26-21-9-6-17(23)14-19(21)20-15-25(3)12-11-22(20)26;1-15-3-8-20-18(13-15)19-14-23(2)11-10-21(19)24(20)12-9-16-4-6-17(22)7-5-16/h4-10,13-14H,11-12,15H2,1-3H3;3-9,12-13H,10-11,14H2,1-2H3/b13-10-;12-9+. The maximum atomic E-state index is 13.8. The van der Waals surface area contributed by atoms with E-state index in [9.17, 15) is 8.78 Å². The first-order valence-corrected chi connectivity index (χ1v) is 17.3. The molecule has 50 heavy (non-hydrogen) atoms. The van der Waals surface area contributed by atoms with E-state index in [1.165, 1.54) is 56.8 Å². The number of nitrogens with zero attached hydrogens (tertiary/aromatic N) is 5. The highest BCUT2D eigenvalue weighted by molar-refractivity contribution is 5.90. The Balaban J connectivity index is 0.000000157. The lowest BCUT2D eigenvalue weighted by molar-refractivity contribution is 0.312. The molecule has 0 unspecified atom stereocenters. The van der Waals surface area contributed by atoms with Gasteiger partial charge in [-0.25, -0.2) is 8.78 Å². The summed E-state index contributed by atoms with van der Waals surface area (Å²) in [6, 6.07) is 26.9. The van der Waals surface area contributed by atoms with Gasteiger partial charge in [0.05, 0.1) is 11.0 Å². The minimum Gasteiger partial charge on any atom is -0.378 e. The number of halogens is 2. The molecule has 2 aliphatic heterocycles. The van der Waals surface area contributed by atoms with Gasteiger partial charge in [0.2, 0.25) is 0 Å². The fraction of sp³-hybridized carbons (Fsp3) is 0.256. The highest BCUT2D eigenvalue weighted by atomic mass is 19.1. The molecule has 0 aliphatic carbocycles. The van der Waals surface area contributed by atoms with Gasteiger partial charge in [-0.05, 0) is 110 Å². The van der Waals surface area contributed by atoms with E-state index < -0.39 is 0 Å². The SMILES string of the molecule is CN1CCc2c(c3cc(F)ccc3n2/C=C\c2ccc(N(C)C)cc2)C1.Cc1ccc2c(c1)c1c(n2/C=C/c2ccc(F)cc2)CCN(C)C1. The highest BCUT2D eigenvalue weighted by Crippen LogP contribution is 2.33. The van der Waals surface area contributed by atoms with Crippen LogP contribution in [0, 0.1) is 18.6 Å². The van der Waals surface area contributed by atoms with E-state index in [4.69, 9.17) is 0 Å². The molecule has 2 aromatic heterocycles. The lowest BCUT2D eigenvalue weighted by atomic mass is 10.0. The van der Waals surface area contributed by atoms with Crippen molar-refractivity contribution < 1.29 is 8.78 Å². The van der Waals surface area contributed by atoms with Crippen molar-refractivity contribution in [2.24, 2.45) is 0 Å². The Morgan fingerprint density at radius 2 is 1.08 bits per heavy atom. The number of benzene rings is 4. The first-order chi connectivity index (χ1) is 24.1. The number of aryl methyl sites for hydroxylation is 1. The third-order valence-electron chi connectivity index (χ3n) is 9.99. The predicted octanol–water partition coefficient (Wildman–Crippen LogP) is 9.17. The van der Waals surface area contributed by atoms with Gasteiger partial charge in [-0.15, -0.1) is 0 Å². The zero-order chi connectivity index (χ0) is 34.9. The van der Waals surface area contributed by atoms with Gasteiger partial charge in [-0.3, -0.25) is 0 Å². The Morgan fingerprint density at radius 1 is 0.600 bits per heavy atom. The van der Waals surface area contributed by atoms with Crippen molar-refractivity contribution in [1.82, 2.24) is 18.9 Å². The quantitative estimate of drug-likeness (QED) is 0.183. The summed E-state index contributed by atoms with van der Waals surface area (Å²) < 4.78 is 31.4. The lowest BCUT2D eigenvalue weighted by Gasteiger charge is -2.23. The van der Waals surface area contributed by atoms with E-state index in [2.05, 4.69) is 112 Å². The molecule has 0 fully saturated rings. The summed E-state index contributed by atoms with van der Waals surface area (Å²) in [5.74, 6) is -0.372. The average Bonchev–Trinajstić information content (AvgIpc) is 3.57. The van der Waals surface area contributed by atoms with Crippen molar-refractivity contribution >= 4 is 52.0 Å². The molecule has 256 valence electrons. The molecule has 5 nitrogen and oxygen atoms in total. The summed E-state index contributed by atoms with van der Waals surface area (Å²) >= 11 is 0. The van der Waals surface area contributed by atoms with E-state index in [0.717, 1.165) is 61.1 Å². The molecule has 7 heteroatoms. The monoisotopic (exact) mass is 669 g/mol. The molecule has 6 aromatic rings. The zero-order valence-electron chi connectivity index (χ0n) is 29.6. The van der Waals surface area contributed by atoms with Crippen molar-refractivity contribution in [3.05, 3.63) is 136 Å². The molecule has 0 N–H and O–H groups in total. The van der Waals surface area contributed by atoms with E-state index in [1.54, 1.807) is 12.1 Å². The Kier molecular flexibility index (Phi) is 9.45. The Morgan fingerprint density at radius 3 is 1.62 bits per heavy atom. The average molecular weight is 670 g/mol. The van der Waals surface area contributed by atoms with Crippen LogP contribution in [0.2, 0.25) is 0 Å². The highest BCUT2D eigenvalue weighted by Gasteiger charge is 2.23. The number of anilines is 1. The summed E-state index contributed by atoms with van der Waals surface area (Å²) in [5, 5.41) is 2.37. The smallest absolute Gasteiger partial charge is 0.123 e.